The molecule has 0 atom stereocenters. The van der Waals surface area contributed by atoms with E-state index in [-0.39, 0.29) is 0 Å². The summed E-state index contributed by atoms with van der Waals surface area (Å²) in [5, 5.41) is 11.4. The molecule has 0 saturated carbocycles. The van der Waals surface area contributed by atoms with Crippen LogP contribution in [0.3, 0.4) is 0 Å². The van der Waals surface area contributed by atoms with Crippen LogP contribution in [-0.4, -0.2) is 24.3 Å². The maximum Gasteiger partial charge on any atom is 0.261 e. The van der Waals surface area contributed by atoms with Crippen LogP contribution in [0, 0.1) is 0 Å². The fourth-order valence-electron chi connectivity index (χ4n) is 1.21. The zero-order valence-corrected chi connectivity index (χ0v) is 9.48. The van der Waals surface area contributed by atoms with Gasteiger partial charge in [-0.05, 0) is 11.5 Å². The molecular formula is C11H12O4S. The molecule has 5 heteroatoms. The summed E-state index contributed by atoms with van der Waals surface area (Å²) < 4.78 is 25.9. The standard InChI is InChI=1S/C10H8O.CH4O3S/c11-10-7-3-5-8-4-1-2-6-9(8)10;1-5(2,3)4/h1-7,11H;1H3,(H,2,3,4). The number of phenols is 1. The molecule has 86 valence electrons. The van der Waals surface area contributed by atoms with Crippen molar-refractivity contribution in [3.05, 3.63) is 42.5 Å². The minimum atomic E-state index is -3.67. The summed E-state index contributed by atoms with van der Waals surface area (Å²) in [7, 11) is -3.67. The summed E-state index contributed by atoms with van der Waals surface area (Å²) in [5.41, 5.74) is 0. The van der Waals surface area contributed by atoms with Crippen LogP contribution in [-0.2, 0) is 10.1 Å². The van der Waals surface area contributed by atoms with E-state index < -0.39 is 10.1 Å². The van der Waals surface area contributed by atoms with Crippen LogP contribution in [0.15, 0.2) is 42.5 Å². The van der Waals surface area contributed by atoms with Crippen molar-refractivity contribution in [2.24, 2.45) is 0 Å². The van der Waals surface area contributed by atoms with Gasteiger partial charge in [-0.2, -0.15) is 8.42 Å². The first kappa shape index (κ1) is 12.5. The summed E-state index contributed by atoms with van der Waals surface area (Å²) in [4.78, 5) is 0. The van der Waals surface area contributed by atoms with E-state index in [2.05, 4.69) is 0 Å². The van der Waals surface area contributed by atoms with Gasteiger partial charge in [-0.1, -0.05) is 36.4 Å². The van der Waals surface area contributed by atoms with E-state index in [4.69, 9.17) is 4.55 Å². The summed E-state index contributed by atoms with van der Waals surface area (Å²) >= 11 is 0. The highest BCUT2D eigenvalue weighted by Crippen LogP contribution is 2.22. The highest BCUT2D eigenvalue weighted by Gasteiger charge is 1.94. The van der Waals surface area contributed by atoms with Crippen LogP contribution in [0.4, 0.5) is 0 Å². The first-order chi connectivity index (χ1) is 7.38. The largest absolute Gasteiger partial charge is 0.507 e. The Morgan fingerprint density at radius 2 is 1.50 bits per heavy atom. The van der Waals surface area contributed by atoms with Crippen molar-refractivity contribution in [2.45, 2.75) is 0 Å². The lowest BCUT2D eigenvalue weighted by Gasteiger charge is -1.97. The number of fused-ring (bicyclic) bond motifs is 1. The molecule has 2 aromatic rings. The molecule has 0 spiro atoms. The number of aromatic hydroxyl groups is 1. The molecule has 0 bridgehead atoms. The third kappa shape index (κ3) is 4.29. The maximum absolute atomic E-state index is 9.37. The zero-order chi connectivity index (χ0) is 12.2. The van der Waals surface area contributed by atoms with E-state index in [1.807, 2.05) is 36.4 Å². The molecule has 0 fully saturated rings. The molecule has 0 aliphatic heterocycles. The second-order valence-corrected chi connectivity index (χ2v) is 4.70. The Labute approximate surface area is 93.9 Å². The Morgan fingerprint density at radius 1 is 1.00 bits per heavy atom. The lowest BCUT2D eigenvalue weighted by molar-refractivity contribution is 0.481. The van der Waals surface area contributed by atoms with Crippen LogP contribution >= 0.6 is 0 Å². The zero-order valence-electron chi connectivity index (χ0n) is 8.66. The molecule has 2 aromatic carbocycles. The van der Waals surface area contributed by atoms with Gasteiger partial charge in [0.2, 0.25) is 0 Å². The predicted octanol–water partition coefficient (Wildman–Crippen LogP) is 2.05. The van der Waals surface area contributed by atoms with Crippen LogP contribution in [0.25, 0.3) is 10.8 Å². The Hall–Kier alpha value is -1.59. The Kier molecular flexibility index (Phi) is 3.87. The highest BCUT2D eigenvalue weighted by molar-refractivity contribution is 7.85. The van der Waals surface area contributed by atoms with Gasteiger partial charge in [-0.3, -0.25) is 4.55 Å². The molecular weight excluding hydrogens is 228 g/mol. The van der Waals surface area contributed by atoms with E-state index >= 15 is 0 Å². The minimum absolute atomic E-state index is 0.350. The van der Waals surface area contributed by atoms with E-state index in [1.165, 1.54) is 0 Å². The van der Waals surface area contributed by atoms with Gasteiger partial charge < -0.3 is 5.11 Å². The Morgan fingerprint density at radius 3 is 2.06 bits per heavy atom. The summed E-state index contributed by atoms with van der Waals surface area (Å²) in [6, 6.07) is 13.3. The second-order valence-electron chi connectivity index (χ2n) is 3.23. The van der Waals surface area contributed by atoms with Gasteiger partial charge in [0.15, 0.2) is 0 Å². The molecule has 16 heavy (non-hydrogen) atoms. The first-order valence-corrected chi connectivity index (χ1v) is 6.32. The molecule has 0 saturated heterocycles. The number of rotatable bonds is 0. The maximum atomic E-state index is 9.37. The summed E-state index contributed by atoms with van der Waals surface area (Å²) in [5.74, 6) is 0.350. The van der Waals surface area contributed by atoms with Crippen molar-refractivity contribution in [1.82, 2.24) is 0 Å². The van der Waals surface area contributed by atoms with Crippen molar-refractivity contribution in [3.63, 3.8) is 0 Å². The van der Waals surface area contributed by atoms with Crippen LogP contribution < -0.4 is 0 Å². The lowest BCUT2D eigenvalue weighted by Crippen LogP contribution is -1.88. The van der Waals surface area contributed by atoms with E-state index in [0.29, 0.717) is 12.0 Å². The van der Waals surface area contributed by atoms with Gasteiger partial charge in [-0.25, -0.2) is 0 Å². The van der Waals surface area contributed by atoms with Crippen LogP contribution in [0.2, 0.25) is 0 Å². The molecule has 0 amide bonds. The predicted molar refractivity (Wildman–Crippen MR) is 63.1 cm³/mol. The van der Waals surface area contributed by atoms with Crippen molar-refractivity contribution in [3.8, 4) is 5.75 Å². The second kappa shape index (κ2) is 4.96. The molecule has 0 aliphatic rings. The third-order valence-corrected chi connectivity index (χ3v) is 1.77. The monoisotopic (exact) mass is 240 g/mol. The van der Waals surface area contributed by atoms with Crippen molar-refractivity contribution < 1.29 is 18.1 Å². The lowest BCUT2D eigenvalue weighted by atomic mass is 10.1. The molecule has 2 rings (SSSR count). The fraction of sp³-hybridized carbons (Fsp3) is 0.0909. The van der Waals surface area contributed by atoms with Gasteiger partial charge >= 0.3 is 0 Å². The number of phenolic OH excluding ortho intramolecular Hbond substituents is 1. The smallest absolute Gasteiger partial charge is 0.261 e. The summed E-state index contributed by atoms with van der Waals surface area (Å²) in [6.45, 7) is 0. The number of hydrogen-bond acceptors (Lipinski definition) is 3. The van der Waals surface area contributed by atoms with Crippen molar-refractivity contribution in [1.29, 1.82) is 0 Å². The topological polar surface area (TPSA) is 74.6 Å². The number of benzene rings is 2. The van der Waals surface area contributed by atoms with Gasteiger partial charge in [0.1, 0.15) is 5.75 Å². The van der Waals surface area contributed by atoms with Crippen molar-refractivity contribution in [2.75, 3.05) is 6.26 Å². The first-order valence-electron chi connectivity index (χ1n) is 4.47. The van der Waals surface area contributed by atoms with Crippen molar-refractivity contribution >= 4 is 20.9 Å². The van der Waals surface area contributed by atoms with E-state index in [9.17, 15) is 13.5 Å². The molecule has 4 nitrogen and oxygen atoms in total. The molecule has 0 radical (unpaired) electrons. The Balaban J connectivity index is 0.000000221. The van der Waals surface area contributed by atoms with E-state index in [0.717, 1.165) is 10.8 Å². The van der Waals surface area contributed by atoms with Gasteiger partial charge in [-0.15, -0.1) is 0 Å². The minimum Gasteiger partial charge on any atom is -0.507 e. The molecule has 0 heterocycles. The van der Waals surface area contributed by atoms with Gasteiger partial charge in [0.25, 0.3) is 10.1 Å². The summed E-state index contributed by atoms with van der Waals surface area (Å²) in [6.07, 6.45) is 0.715. The van der Waals surface area contributed by atoms with E-state index in [1.54, 1.807) is 6.07 Å². The molecule has 0 aromatic heterocycles. The quantitative estimate of drug-likeness (QED) is 0.691. The average molecular weight is 240 g/mol. The molecule has 2 N–H and O–H groups in total. The highest BCUT2D eigenvalue weighted by atomic mass is 32.2. The van der Waals surface area contributed by atoms with Gasteiger partial charge in [0.05, 0.1) is 6.26 Å². The fourth-order valence-corrected chi connectivity index (χ4v) is 1.21. The molecule has 0 unspecified atom stereocenters. The normalized spacial score (nSPS) is 10.6. The third-order valence-electron chi connectivity index (χ3n) is 1.77. The van der Waals surface area contributed by atoms with Gasteiger partial charge in [0, 0.05) is 5.39 Å². The average Bonchev–Trinajstić information content (AvgIpc) is 2.16. The van der Waals surface area contributed by atoms with Crippen LogP contribution in [0.5, 0.6) is 5.75 Å². The molecule has 0 aliphatic carbocycles. The Bertz CT molecular complexity index is 562. The number of hydrogen-bond donors (Lipinski definition) is 2. The van der Waals surface area contributed by atoms with Crippen LogP contribution in [0.1, 0.15) is 0 Å². The SMILES string of the molecule is CS(=O)(=O)O.Oc1cccc2ccccc12.